The fourth-order valence-electron chi connectivity index (χ4n) is 4.60. The number of nitrogens with zero attached hydrogens (tertiary/aromatic N) is 1. The van der Waals surface area contributed by atoms with Crippen LogP contribution in [0.4, 0.5) is 5.69 Å². The summed E-state index contributed by atoms with van der Waals surface area (Å²) in [5, 5.41) is 3.87. The molecule has 0 radical (unpaired) electrons. The van der Waals surface area contributed by atoms with Gasteiger partial charge in [0.25, 0.3) is 0 Å². The summed E-state index contributed by atoms with van der Waals surface area (Å²) in [6.07, 6.45) is 0.395. The number of ether oxygens (including phenoxy) is 2. The third kappa shape index (κ3) is 4.63. The Bertz CT molecular complexity index is 1330. The summed E-state index contributed by atoms with van der Waals surface area (Å²) < 4.78 is 10.9. The van der Waals surface area contributed by atoms with Gasteiger partial charge in [-0.05, 0) is 60.0 Å². The van der Waals surface area contributed by atoms with Crippen molar-refractivity contribution in [1.82, 2.24) is 5.32 Å². The van der Waals surface area contributed by atoms with Crippen LogP contribution in [0.5, 0.6) is 11.5 Å². The van der Waals surface area contributed by atoms with Gasteiger partial charge in [0.05, 0.1) is 20.8 Å². The van der Waals surface area contributed by atoms with Crippen molar-refractivity contribution in [3.63, 3.8) is 0 Å². The number of rotatable bonds is 8. The number of nitrogens with one attached hydrogen (secondary N) is 1. The van der Waals surface area contributed by atoms with Gasteiger partial charge in [0.2, 0.25) is 11.8 Å². The molecule has 1 N–H and O–H groups in total. The van der Waals surface area contributed by atoms with Crippen LogP contribution in [0.1, 0.15) is 42.5 Å². The molecule has 0 saturated heterocycles. The normalized spacial score (nSPS) is 16.6. The summed E-state index contributed by atoms with van der Waals surface area (Å²) in [6.45, 7) is 4.30. The summed E-state index contributed by atoms with van der Waals surface area (Å²) in [4.78, 5) is 27.7. The maximum absolute atomic E-state index is 14.2. The second-order valence-electron chi connectivity index (χ2n) is 8.80. The monoisotopic (exact) mass is 526 g/mol. The maximum atomic E-state index is 14.2. The van der Waals surface area contributed by atoms with Crippen molar-refractivity contribution in [3.05, 3.63) is 86.9 Å². The lowest BCUT2D eigenvalue weighted by molar-refractivity contribution is -0.122. The van der Waals surface area contributed by atoms with Gasteiger partial charge in [0, 0.05) is 40.3 Å². The highest BCUT2D eigenvalue weighted by atomic mass is 35.5. The highest BCUT2D eigenvalue weighted by Crippen LogP contribution is 2.49. The van der Waals surface area contributed by atoms with Gasteiger partial charge < -0.3 is 19.7 Å². The molecule has 188 valence electrons. The minimum atomic E-state index is -1.08. The van der Waals surface area contributed by atoms with E-state index in [1.165, 1.54) is 0 Å². The molecule has 0 saturated carbocycles. The van der Waals surface area contributed by atoms with Crippen LogP contribution in [0.25, 0.3) is 0 Å². The smallest absolute Gasteiger partial charge is 0.242 e. The van der Waals surface area contributed by atoms with E-state index in [0.717, 1.165) is 22.4 Å². The molecular formula is C28H28Cl2N2O4. The minimum Gasteiger partial charge on any atom is -0.497 e. The van der Waals surface area contributed by atoms with E-state index in [1.807, 2.05) is 43.3 Å². The molecule has 6 nitrogen and oxygen atoms in total. The summed E-state index contributed by atoms with van der Waals surface area (Å²) in [5.41, 5.74) is 2.78. The first-order valence-electron chi connectivity index (χ1n) is 11.6. The van der Waals surface area contributed by atoms with Crippen molar-refractivity contribution in [1.29, 1.82) is 0 Å². The van der Waals surface area contributed by atoms with Crippen molar-refractivity contribution in [2.75, 3.05) is 19.1 Å². The van der Waals surface area contributed by atoms with E-state index in [0.29, 0.717) is 46.6 Å². The van der Waals surface area contributed by atoms with Crippen molar-refractivity contribution in [3.8, 4) is 11.5 Å². The third-order valence-corrected chi connectivity index (χ3v) is 7.23. The second kappa shape index (κ2) is 10.4. The lowest BCUT2D eigenvalue weighted by Crippen LogP contribution is -2.39. The first-order valence-corrected chi connectivity index (χ1v) is 12.4. The zero-order chi connectivity index (χ0) is 26.0. The number of benzene rings is 3. The van der Waals surface area contributed by atoms with E-state index in [1.54, 1.807) is 44.2 Å². The van der Waals surface area contributed by atoms with E-state index in [2.05, 4.69) is 5.32 Å². The van der Waals surface area contributed by atoms with Crippen molar-refractivity contribution >= 4 is 40.7 Å². The summed E-state index contributed by atoms with van der Waals surface area (Å²) >= 11 is 13.1. The van der Waals surface area contributed by atoms with Crippen LogP contribution in [0.3, 0.4) is 0 Å². The molecule has 0 aromatic heterocycles. The van der Waals surface area contributed by atoms with E-state index in [4.69, 9.17) is 32.7 Å². The molecule has 0 spiro atoms. The largest absolute Gasteiger partial charge is 0.497 e. The van der Waals surface area contributed by atoms with Gasteiger partial charge in [-0.2, -0.15) is 0 Å². The maximum Gasteiger partial charge on any atom is 0.242 e. The Hall–Kier alpha value is -3.22. The highest BCUT2D eigenvalue weighted by molar-refractivity contribution is 6.32. The number of anilines is 1. The van der Waals surface area contributed by atoms with Gasteiger partial charge in [0.15, 0.2) is 0 Å². The Labute approximate surface area is 221 Å². The van der Waals surface area contributed by atoms with Crippen LogP contribution in [0.15, 0.2) is 54.6 Å². The molecule has 3 aromatic carbocycles. The number of carbonyl (C=O) groups is 2. The quantitative estimate of drug-likeness (QED) is 0.397. The lowest BCUT2D eigenvalue weighted by Gasteiger charge is -2.27. The standard InChI is InChI=1S/C28H28Cl2N2O4/c1-5-26(33)31-15-17-6-10-23(30)21(12-17)28(2)22-13-19(29)8-11-24(22)32(27(28)34)16-18-7-9-20(35-3)14-25(18)36-4/h6-14H,5,15-16H2,1-4H3,(H,31,33). The molecule has 1 heterocycles. The molecular weight excluding hydrogens is 499 g/mol. The highest BCUT2D eigenvalue weighted by Gasteiger charge is 2.49. The van der Waals surface area contributed by atoms with E-state index >= 15 is 0 Å². The first-order chi connectivity index (χ1) is 17.2. The van der Waals surface area contributed by atoms with Gasteiger partial charge in [-0.25, -0.2) is 0 Å². The molecule has 1 aliphatic rings. The molecule has 4 rings (SSSR count). The predicted molar refractivity (Wildman–Crippen MR) is 142 cm³/mol. The van der Waals surface area contributed by atoms with Crippen LogP contribution in [0, 0.1) is 0 Å². The summed E-state index contributed by atoms with van der Waals surface area (Å²) in [7, 11) is 3.18. The topological polar surface area (TPSA) is 67.9 Å². The Balaban J connectivity index is 1.79. The van der Waals surface area contributed by atoms with Crippen molar-refractivity contribution in [2.24, 2.45) is 0 Å². The number of methoxy groups -OCH3 is 2. The molecule has 2 amide bonds. The molecule has 1 aliphatic heterocycles. The Morgan fingerprint density at radius 2 is 1.78 bits per heavy atom. The van der Waals surface area contributed by atoms with Gasteiger partial charge in [-0.1, -0.05) is 42.3 Å². The fraction of sp³-hybridized carbons (Fsp3) is 0.286. The molecule has 1 unspecified atom stereocenters. The molecule has 8 heteroatoms. The van der Waals surface area contributed by atoms with Gasteiger partial charge >= 0.3 is 0 Å². The van der Waals surface area contributed by atoms with Crippen LogP contribution in [-0.2, 0) is 28.1 Å². The molecule has 36 heavy (non-hydrogen) atoms. The van der Waals surface area contributed by atoms with Crippen LogP contribution in [0.2, 0.25) is 10.0 Å². The third-order valence-electron chi connectivity index (χ3n) is 6.66. The summed E-state index contributed by atoms with van der Waals surface area (Å²) in [6, 6.07) is 16.5. The SMILES string of the molecule is CCC(=O)NCc1ccc(Cl)c(C2(C)C(=O)N(Cc3ccc(OC)cc3OC)c3ccc(Cl)cc32)c1. The molecule has 3 aromatic rings. The van der Waals surface area contributed by atoms with Crippen molar-refractivity contribution in [2.45, 2.75) is 38.8 Å². The number of carbonyl (C=O) groups excluding carboxylic acids is 2. The van der Waals surface area contributed by atoms with Crippen molar-refractivity contribution < 1.29 is 19.1 Å². The van der Waals surface area contributed by atoms with Crippen LogP contribution < -0.4 is 19.7 Å². The van der Waals surface area contributed by atoms with E-state index in [-0.39, 0.29) is 11.8 Å². The number of amides is 2. The van der Waals surface area contributed by atoms with E-state index in [9.17, 15) is 9.59 Å². The number of halogens is 2. The van der Waals surface area contributed by atoms with Gasteiger partial charge in [0.1, 0.15) is 16.9 Å². The van der Waals surface area contributed by atoms with Gasteiger partial charge in [-0.15, -0.1) is 0 Å². The van der Waals surface area contributed by atoms with Crippen LogP contribution >= 0.6 is 23.2 Å². The van der Waals surface area contributed by atoms with Crippen LogP contribution in [-0.4, -0.2) is 26.0 Å². The number of fused-ring (bicyclic) bond motifs is 1. The first kappa shape index (κ1) is 25.9. The average Bonchev–Trinajstić information content (AvgIpc) is 3.09. The summed E-state index contributed by atoms with van der Waals surface area (Å²) in [5.74, 6) is 1.11. The average molecular weight is 527 g/mol. The Morgan fingerprint density at radius 1 is 1.00 bits per heavy atom. The molecule has 0 bridgehead atoms. The number of hydrogen-bond donors (Lipinski definition) is 1. The Kier molecular flexibility index (Phi) is 7.48. The van der Waals surface area contributed by atoms with Gasteiger partial charge in [-0.3, -0.25) is 9.59 Å². The fourth-order valence-corrected chi connectivity index (χ4v) is 5.08. The molecule has 1 atom stereocenters. The molecule has 0 aliphatic carbocycles. The second-order valence-corrected chi connectivity index (χ2v) is 9.64. The zero-order valence-corrected chi connectivity index (χ0v) is 22.2. The lowest BCUT2D eigenvalue weighted by atomic mass is 9.76. The Morgan fingerprint density at radius 3 is 2.47 bits per heavy atom. The molecule has 0 fully saturated rings. The van der Waals surface area contributed by atoms with E-state index < -0.39 is 5.41 Å². The zero-order valence-electron chi connectivity index (χ0n) is 20.7. The predicted octanol–water partition coefficient (Wildman–Crippen LogP) is 5.89. The minimum absolute atomic E-state index is 0.0496. The number of hydrogen-bond acceptors (Lipinski definition) is 4.